The summed E-state index contributed by atoms with van der Waals surface area (Å²) < 4.78 is 0. The maximum absolute atomic E-state index is 12.5. The standard InChI is InChI=1S/C17H23NO/c1-10-6-12(3)15(7-11(10)2)17(19)18-16-9-13-4-5-14(16)8-13/h6-7,13-14,16H,4-5,8-9H2,1-3H3,(H,18,19)/t13-,14-,16+/m1/s1. The van der Waals surface area contributed by atoms with Crippen LogP contribution in [-0.2, 0) is 0 Å². The zero-order valence-electron chi connectivity index (χ0n) is 12.1. The molecule has 2 aliphatic rings. The van der Waals surface area contributed by atoms with Gasteiger partial charge in [-0.2, -0.15) is 0 Å². The molecule has 19 heavy (non-hydrogen) atoms. The lowest BCUT2D eigenvalue weighted by Gasteiger charge is -2.23. The number of carbonyl (C=O) groups excluding carboxylic acids is 1. The summed E-state index contributed by atoms with van der Waals surface area (Å²) in [5.74, 6) is 1.73. The lowest BCUT2D eigenvalue weighted by atomic mass is 9.94. The summed E-state index contributed by atoms with van der Waals surface area (Å²) in [6.45, 7) is 6.20. The SMILES string of the molecule is Cc1cc(C)c(C(=O)N[C@H]2C[C@@H]3CC[C@@H]2C3)cc1C. The molecule has 0 aliphatic heterocycles. The van der Waals surface area contributed by atoms with Crippen molar-refractivity contribution in [3.8, 4) is 0 Å². The molecule has 1 amide bonds. The molecule has 0 saturated heterocycles. The predicted octanol–water partition coefficient (Wildman–Crippen LogP) is 3.53. The number of amides is 1. The summed E-state index contributed by atoms with van der Waals surface area (Å²) >= 11 is 0. The van der Waals surface area contributed by atoms with Crippen molar-refractivity contribution in [1.29, 1.82) is 0 Å². The molecule has 102 valence electrons. The van der Waals surface area contributed by atoms with E-state index in [0.29, 0.717) is 6.04 Å². The smallest absolute Gasteiger partial charge is 0.251 e. The molecule has 3 rings (SSSR count). The molecule has 0 unspecified atom stereocenters. The van der Waals surface area contributed by atoms with Crippen molar-refractivity contribution in [1.82, 2.24) is 5.32 Å². The van der Waals surface area contributed by atoms with E-state index < -0.39 is 0 Å². The molecule has 2 fully saturated rings. The molecule has 1 aromatic rings. The second-order valence-corrected chi connectivity index (χ2v) is 6.51. The van der Waals surface area contributed by atoms with E-state index in [2.05, 4.69) is 25.2 Å². The largest absolute Gasteiger partial charge is 0.349 e. The van der Waals surface area contributed by atoms with E-state index in [9.17, 15) is 4.79 Å². The van der Waals surface area contributed by atoms with E-state index in [-0.39, 0.29) is 5.91 Å². The number of carbonyl (C=O) groups is 1. The lowest BCUT2D eigenvalue weighted by Crippen LogP contribution is -2.38. The van der Waals surface area contributed by atoms with Gasteiger partial charge in [0.2, 0.25) is 0 Å². The fourth-order valence-electron chi connectivity index (χ4n) is 3.87. The van der Waals surface area contributed by atoms with Crippen molar-refractivity contribution < 1.29 is 4.79 Å². The van der Waals surface area contributed by atoms with Gasteiger partial charge >= 0.3 is 0 Å². The number of nitrogens with one attached hydrogen (secondary N) is 1. The third-order valence-electron chi connectivity index (χ3n) is 5.14. The van der Waals surface area contributed by atoms with Gasteiger partial charge in [0, 0.05) is 11.6 Å². The Bertz CT molecular complexity index is 520. The average molecular weight is 257 g/mol. The monoisotopic (exact) mass is 257 g/mol. The first-order chi connectivity index (χ1) is 9.04. The molecular weight excluding hydrogens is 234 g/mol. The third kappa shape index (κ3) is 2.29. The van der Waals surface area contributed by atoms with Crippen LogP contribution in [0, 0.1) is 32.6 Å². The second-order valence-electron chi connectivity index (χ2n) is 6.51. The summed E-state index contributed by atoms with van der Waals surface area (Å²) in [6.07, 6.45) is 5.21. The Morgan fingerprint density at radius 3 is 2.42 bits per heavy atom. The van der Waals surface area contributed by atoms with Gasteiger partial charge in [-0.1, -0.05) is 12.5 Å². The molecule has 2 saturated carbocycles. The highest BCUT2D eigenvalue weighted by Crippen LogP contribution is 2.44. The Balaban J connectivity index is 1.75. The van der Waals surface area contributed by atoms with Gasteiger partial charge in [-0.3, -0.25) is 4.79 Å². The van der Waals surface area contributed by atoms with Crippen LogP contribution in [0.3, 0.4) is 0 Å². The summed E-state index contributed by atoms with van der Waals surface area (Å²) in [5, 5.41) is 3.28. The van der Waals surface area contributed by atoms with E-state index in [1.165, 1.54) is 36.8 Å². The van der Waals surface area contributed by atoms with E-state index in [4.69, 9.17) is 0 Å². The van der Waals surface area contributed by atoms with Crippen LogP contribution < -0.4 is 5.32 Å². The first kappa shape index (κ1) is 12.7. The molecular formula is C17H23NO. The van der Waals surface area contributed by atoms with Gasteiger partial charge in [-0.05, 0) is 74.6 Å². The van der Waals surface area contributed by atoms with Gasteiger partial charge in [-0.25, -0.2) is 0 Å². The van der Waals surface area contributed by atoms with Gasteiger partial charge in [0.25, 0.3) is 5.91 Å². The Morgan fingerprint density at radius 2 is 1.79 bits per heavy atom. The van der Waals surface area contributed by atoms with Crippen molar-refractivity contribution >= 4 is 5.91 Å². The molecule has 1 N–H and O–H groups in total. The van der Waals surface area contributed by atoms with Crippen LogP contribution in [0.2, 0.25) is 0 Å². The Morgan fingerprint density at radius 1 is 1.05 bits per heavy atom. The first-order valence-corrected chi connectivity index (χ1v) is 7.43. The summed E-state index contributed by atoms with van der Waals surface area (Å²) in [7, 11) is 0. The Kier molecular flexibility index (Phi) is 3.12. The lowest BCUT2D eigenvalue weighted by molar-refractivity contribution is 0.0922. The topological polar surface area (TPSA) is 29.1 Å². The quantitative estimate of drug-likeness (QED) is 0.862. The minimum Gasteiger partial charge on any atom is -0.349 e. The number of hydrogen-bond donors (Lipinski definition) is 1. The molecule has 0 aromatic heterocycles. The van der Waals surface area contributed by atoms with Crippen molar-refractivity contribution in [3.63, 3.8) is 0 Å². The molecule has 2 aliphatic carbocycles. The highest BCUT2D eigenvalue weighted by molar-refractivity contribution is 5.96. The number of benzene rings is 1. The van der Waals surface area contributed by atoms with Crippen LogP contribution in [0.5, 0.6) is 0 Å². The van der Waals surface area contributed by atoms with Gasteiger partial charge in [0.05, 0.1) is 0 Å². The van der Waals surface area contributed by atoms with Crippen LogP contribution in [0.15, 0.2) is 12.1 Å². The minimum absolute atomic E-state index is 0.123. The molecule has 2 bridgehead atoms. The van der Waals surface area contributed by atoms with Crippen LogP contribution in [0.4, 0.5) is 0 Å². The number of rotatable bonds is 2. The molecule has 3 atom stereocenters. The fourth-order valence-corrected chi connectivity index (χ4v) is 3.87. The van der Waals surface area contributed by atoms with Crippen molar-refractivity contribution in [2.24, 2.45) is 11.8 Å². The minimum atomic E-state index is 0.123. The maximum Gasteiger partial charge on any atom is 0.251 e. The highest BCUT2D eigenvalue weighted by Gasteiger charge is 2.40. The maximum atomic E-state index is 12.5. The number of aryl methyl sites for hydroxylation is 3. The van der Waals surface area contributed by atoms with E-state index >= 15 is 0 Å². The fraction of sp³-hybridized carbons (Fsp3) is 0.588. The van der Waals surface area contributed by atoms with E-state index in [1.807, 2.05) is 13.0 Å². The first-order valence-electron chi connectivity index (χ1n) is 7.43. The average Bonchev–Trinajstić information content (AvgIpc) is 2.95. The highest BCUT2D eigenvalue weighted by atomic mass is 16.1. The molecule has 0 heterocycles. The molecule has 1 aromatic carbocycles. The normalized spacial score (nSPS) is 28.7. The molecule has 0 radical (unpaired) electrons. The zero-order chi connectivity index (χ0) is 13.6. The van der Waals surface area contributed by atoms with Gasteiger partial charge in [0.15, 0.2) is 0 Å². The van der Waals surface area contributed by atoms with Crippen LogP contribution in [0.1, 0.15) is 52.7 Å². The summed E-state index contributed by atoms with van der Waals surface area (Å²) in [4.78, 5) is 12.5. The Labute approximate surface area is 115 Å². The van der Waals surface area contributed by atoms with Crippen LogP contribution >= 0.6 is 0 Å². The van der Waals surface area contributed by atoms with Gasteiger partial charge in [-0.15, -0.1) is 0 Å². The van der Waals surface area contributed by atoms with Gasteiger partial charge < -0.3 is 5.32 Å². The van der Waals surface area contributed by atoms with Crippen molar-refractivity contribution in [3.05, 3.63) is 34.4 Å². The summed E-state index contributed by atoms with van der Waals surface area (Å²) in [5.41, 5.74) is 4.40. The Hall–Kier alpha value is -1.31. The van der Waals surface area contributed by atoms with Crippen molar-refractivity contribution in [2.45, 2.75) is 52.5 Å². The van der Waals surface area contributed by atoms with Gasteiger partial charge in [0.1, 0.15) is 0 Å². The van der Waals surface area contributed by atoms with E-state index in [1.54, 1.807) is 0 Å². The van der Waals surface area contributed by atoms with Crippen LogP contribution in [0.25, 0.3) is 0 Å². The van der Waals surface area contributed by atoms with Crippen molar-refractivity contribution in [2.75, 3.05) is 0 Å². The summed E-state index contributed by atoms with van der Waals surface area (Å²) in [6, 6.07) is 4.57. The predicted molar refractivity (Wildman–Crippen MR) is 77.4 cm³/mol. The number of fused-ring (bicyclic) bond motifs is 2. The van der Waals surface area contributed by atoms with E-state index in [0.717, 1.165) is 23.0 Å². The zero-order valence-corrected chi connectivity index (χ0v) is 12.1. The molecule has 2 heteroatoms. The van der Waals surface area contributed by atoms with Crippen LogP contribution in [-0.4, -0.2) is 11.9 Å². The second kappa shape index (κ2) is 4.66. The molecule has 2 nitrogen and oxygen atoms in total. The third-order valence-corrected chi connectivity index (χ3v) is 5.14. The number of hydrogen-bond acceptors (Lipinski definition) is 1. The molecule has 0 spiro atoms.